The van der Waals surface area contributed by atoms with Crippen LogP contribution in [0.25, 0.3) is 0 Å². The van der Waals surface area contributed by atoms with E-state index >= 15 is 0 Å². The van der Waals surface area contributed by atoms with Gasteiger partial charge < -0.3 is 14.5 Å². The number of nitrogens with zero attached hydrogens (tertiary/aromatic N) is 2. The minimum atomic E-state index is -0.500. The van der Waals surface area contributed by atoms with Crippen LogP contribution in [0, 0.1) is 17.3 Å². The van der Waals surface area contributed by atoms with E-state index in [1.54, 1.807) is 12.1 Å². The van der Waals surface area contributed by atoms with Gasteiger partial charge in [-0.2, -0.15) is 0 Å². The molecule has 168 valence electrons. The van der Waals surface area contributed by atoms with Crippen LogP contribution in [0.3, 0.4) is 0 Å². The van der Waals surface area contributed by atoms with Gasteiger partial charge in [-0.15, -0.1) is 0 Å². The molecule has 5 rings (SSSR count). The Labute approximate surface area is 193 Å². The summed E-state index contributed by atoms with van der Waals surface area (Å²) in [5, 5.41) is 0. The Bertz CT molecular complexity index is 1140. The molecule has 3 heterocycles. The van der Waals surface area contributed by atoms with Crippen molar-refractivity contribution in [2.24, 2.45) is 5.41 Å². The number of amides is 2. The summed E-state index contributed by atoms with van der Waals surface area (Å²) >= 11 is 0. The molecule has 0 bridgehead atoms. The highest BCUT2D eigenvalue weighted by Gasteiger charge is 2.43. The molecule has 0 aromatic heterocycles. The third-order valence-electron chi connectivity index (χ3n) is 7.13. The quantitative estimate of drug-likeness (QED) is 0.529. The summed E-state index contributed by atoms with van der Waals surface area (Å²) in [5.41, 5.74) is 2.25. The summed E-state index contributed by atoms with van der Waals surface area (Å²) in [7, 11) is 0. The molecular weight excluding hydrogens is 416 g/mol. The predicted octanol–water partition coefficient (Wildman–Crippen LogP) is 3.18. The van der Waals surface area contributed by atoms with Crippen LogP contribution in [0.15, 0.2) is 54.6 Å². The number of hydrogen-bond donors (Lipinski definition) is 0. The van der Waals surface area contributed by atoms with Gasteiger partial charge in [-0.1, -0.05) is 42.3 Å². The molecule has 2 aromatic carbocycles. The highest BCUT2D eigenvalue weighted by molar-refractivity contribution is 5.95. The topological polar surface area (TPSA) is 66.9 Å². The molecule has 0 N–H and O–H groups in total. The van der Waals surface area contributed by atoms with Gasteiger partial charge >= 0.3 is 5.97 Å². The Hall–Kier alpha value is -3.59. The van der Waals surface area contributed by atoms with Crippen molar-refractivity contribution in [3.05, 3.63) is 71.3 Å². The van der Waals surface area contributed by atoms with Crippen molar-refractivity contribution >= 4 is 17.8 Å². The summed E-state index contributed by atoms with van der Waals surface area (Å²) < 4.78 is 5.45. The number of carbonyl (C=O) groups is 3. The first kappa shape index (κ1) is 21.3. The Morgan fingerprint density at radius 3 is 2.36 bits per heavy atom. The molecule has 1 atom stereocenters. The summed E-state index contributed by atoms with van der Waals surface area (Å²) in [4.78, 5) is 41.3. The number of rotatable bonds is 2. The van der Waals surface area contributed by atoms with Crippen molar-refractivity contribution in [2.75, 3.05) is 26.2 Å². The number of ether oxygens (including phenoxy) is 1. The van der Waals surface area contributed by atoms with E-state index in [-0.39, 0.29) is 29.6 Å². The number of likely N-dealkylation sites (tertiary alicyclic amines) is 2. The number of cyclic esters (lactones) is 1. The van der Waals surface area contributed by atoms with Crippen LogP contribution in [0.4, 0.5) is 0 Å². The van der Waals surface area contributed by atoms with E-state index in [1.807, 2.05) is 52.3 Å². The zero-order valence-corrected chi connectivity index (χ0v) is 18.5. The molecule has 1 spiro atoms. The van der Waals surface area contributed by atoms with Crippen LogP contribution < -0.4 is 0 Å². The lowest BCUT2D eigenvalue weighted by Gasteiger charge is -2.38. The third-order valence-corrected chi connectivity index (χ3v) is 7.13. The molecule has 0 radical (unpaired) electrons. The molecular formula is C27H26N2O4. The second-order valence-electron chi connectivity index (χ2n) is 9.16. The van der Waals surface area contributed by atoms with Gasteiger partial charge in [0.15, 0.2) is 0 Å². The fourth-order valence-electron chi connectivity index (χ4n) is 5.13. The maximum absolute atomic E-state index is 13.0. The largest absolute Gasteiger partial charge is 0.453 e. The van der Waals surface area contributed by atoms with Crippen LogP contribution in [0.5, 0.6) is 0 Å². The standard InChI is InChI=1S/C27H26N2O4/c30-24(11-10-20-6-2-1-3-7-20)28-15-12-27(13-16-28)14-17-29(19-27)25(31)18-23-21-8-4-5-9-22(21)26(32)33-23/h1-9,23H,12-19H2. The summed E-state index contributed by atoms with van der Waals surface area (Å²) in [6.07, 6.45) is 2.37. The van der Waals surface area contributed by atoms with Gasteiger partial charge in [-0.05, 0) is 42.9 Å². The van der Waals surface area contributed by atoms with Crippen LogP contribution in [-0.2, 0) is 14.3 Å². The van der Waals surface area contributed by atoms with E-state index in [0.29, 0.717) is 31.7 Å². The minimum Gasteiger partial charge on any atom is -0.453 e. The summed E-state index contributed by atoms with van der Waals surface area (Å²) in [6.45, 7) is 2.74. The first-order chi connectivity index (χ1) is 16.0. The van der Waals surface area contributed by atoms with Crippen molar-refractivity contribution in [3.8, 4) is 11.8 Å². The van der Waals surface area contributed by atoms with Crippen molar-refractivity contribution in [1.82, 2.24) is 9.80 Å². The predicted molar refractivity (Wildman–Crippen MR) is 122 cm³/mol. The molecule has 3 aliphatic rings. The number of hydrogen-bond acceptors (Lipinski definition) is 4. The van der Waals surface area contributed by atoms with E-state index in [2.05, 4.69) is 11.8 Å². The zero-order valence-electron chi connectivity index (χ0n) is 18.5. The Kier molecular flexibility index (Phi) is 5.63. The lowest BCUT2D eigenvalue weighted by molar-refractivity contribution is -0.133. The first-order valence-electron chi connectivity index (χ1n) is 11.5. The summed E-state index contributed by atoms with van der Waals surface area (Å²) in [5.74, 6) is 5.23. The van der Waals surface area contributed by atoms with Gasteiger partial charge in [0.1, 0.15) is 6.10 Å². The van der Waals surface area contributed by atoms with Crippen LogP contribution >= 0.6 is 0 Å². The van der Waals surface area contributed by atoms with Crippen LogP contribution in [-0.4, -0.2) is 53.8 Å². The molecule has 0 saturated carbocycles. The highest BCUT2D eigenvalue weighted by Crippen LogP contribution is 2.41. The number of piperidine rings is 1. The third kappa shape index (κ3) is 4.36. The van der Waals surface area contributed by atoms with Gasteiger partial charge in [-0.25, -0.2) is 4.79 Å². The molecule has 6 nitrogen and oxygen atoms in total. The van der Waals surface area contributed by atoms with E-state index in [0.717, 1.165) is 30.4 Å². The first-order valence-corrected chi connectivity index (χ1v) is 11.5. The fraction of sp³-hybridized carbons (Fsp3) is 0.370. The molecule has 2 fully saturated rings. The Morgan fingerprint density at radius 2 is 1.61 bits per heavy atom. The van der Waals surface area contributed by atoms with Crippen LogP contribution in [0.2, 0.25) is 0 Å². The van der Waals surface area contributed by atoms with Crippen molar-refractivity contribution in [1.29, 1.82) is 0 Å². The molecule has 33 heavy (non-hydrogen) atoms. The second-order valence-corrected chi connectivity index (χ2v) is 9.16. The van der Waals surface area contributed by atoms with E-state index < -0.39 is 6.10 Å². The smallest absolute Gasteiger partial charge is 0.339 e. The van der Waals surface area contributed by atoms with Gasteiger partial charge in [-0.3, -0.25) is 9.59 Å². The number of carbonyl (C=O) groups excluding carboxylic acids is 3. The van der Waals surface area contributed by atoms with Crippen LogP contribution in [0.1, 0.15) is 53.3 Å². The number of benzene rings is 2. The summed E-state index contributed by atoms with van der Waals surface area (Å²) in [6, 6.07) is 16.8. The molecule has 3 aliphatic heterocycles. The minimum absolute atomic E-state index is 0.0219. The van der Waals surface area contributed by atoms with Crippen molar-refractivity contribution < 1.29 is 19.1 Å². The van der Waals surface area contributed by atoms with Gasteiger partial charge in [0, 0.05) is 43.2 Å². The average Bonchev–Trinajstić information content (AvgIpc) is 3.40. The van der Waals surface area contributed by atoms with E-state index in [4.69, 9.17) is 4.74 Å². The molecule has 0 aliphatic carbocycles. The SMILES string of the molecule is O=C1OC(CC(=O)N2CCC3(CCN(C(=O)C#Cc4ccccc4)CC3)C2)c2ccccc21. The lowest BCUT2D eigenvalue weighted by Crippen LogP contribution is -2.44. The van der Waals surface area contributed by atoms with Crippen molar-refractivity contribution in [2.45, 2.75) is 31.8 Å². The highest BCUT2D eigenvalue weighted by atomic mass is 16.5. The maximum atomic E-state index is 13.0. The Morgan fingerprint density at radius 1 is 0.939 bits per heavy atom. The molecule has 2 amide bonds. The lowest BCUT2D eigenvalue weighted by atomic mass is 9.78. The molecule has 2 saturated heterocycles. The average molecular weight is 443 g/mol. The zero-order chi connectivity index (χ0) is 22.8. The fourth-order valence-corrected chi connectivity index (χ4v) is 5.13. The van der Waals surface area contributed by atoms with Gasteiger partial charge in [0.25, 0.3) is 5.91 Å². The Balaban J connectivity index is 1.15. The monoisotopic (exact) mass is 442 g/mol. The maximum Gasteiger partial charge on any atom is 0.339 e. The van der Waals surface area contributed by atoms with Gasteiger partial charge in [0.05, 0.1) is 12.0 Å². The number of fused-ring (bicyclic) bond motifs is 1. The van der Waals surface area contributed by atoms with E-state index in [9.17, 15) is 14.4 Å². The van der Waals surface area contributed by atoms with Crippen molar-refractivity contribution in [3.63, 3.8) is 0 Å². The number of esters is 1. The normalized spacial score (nSPS) is 20.7. The molecule has 2 aromatic rings. The molecule has 6 heteroatoms. The molecule has 1 unspecified atom stereocenters. The van der Waals surface area contributed by atoms with Gasteiger partial charge in [0.2, 0.25) is 5.91 Å². The van der Waals surface area contributed by atoms with E-state index in [1.165, 1.54) is 0 Å². The second kappa shape index (κ2) is 8.74.